The highest BCUT2D eigenvalue weighted by molar-refractivity contribution is 5.83. The molecule has 2 rings (SSSR count). The van der Waals surface area contributed by atoms with Gasteiger partial charge in [-0.15, -0.1) is 0 Å². The molecule has 0 aliphatic heterocycles. The Kier molecular flexibility index (Phi) is 2.51. The number of carboxylic acid groups (broad SMARTS) is 1. The molecule has 15 heavy (non-hydrogen) atoms. The summed E-state index contributed by atoms with van der Waals surface area (Å²) in [6.07, 6.45) is 5.61. The van der Waals surface area contributed by atoms with Crippen LogP contribution in [0, 0.1) is 5.92 Å². The van der Waals surface area contributed by atoms with Crippen LogP contribution in [0.2, 0.25) is 0 Å². The first-order valence-electron chi connectivity index (χ1n) is 4.64. The Balaban J connectivity index is 2.21. The summed E-state index contributed by atoms with van der Waals surface area (Å²) in [6.45, 7) is 0.0735. The Morgan fingerprint density at radius 2 is 2.40 bits per heavy atom. The summed E-state index contributed by atoms with van der Waals surface area (Å²) >= 11 is 0. The van der Waals surface area contributed by atoms with Gasteiger partial charge in [-0.2, -0.15) is 5.10 Å². The number of hydrogen-bond donors (Lipinski definition) is 2. The molecule has 6 nitrogen and oxygen atoms in total. The van der Waals surface area contributed by atoms with Crippen molar-refractivity contribution in [3.8, 4) is 0 Å². The van der Waals surface area contributed by atoms with Gasteiger partial charge in [-0.3, -0.25) is 0 Å². The monoisotopic (exact) mass is 209 g/mol. The standard InChI is InChI=1S/C9H11N3O3/c13-4-6-1-2-7(3-6)12-8(9(14)15)10-5-11-12/h1-2,5-7,13H,3-4H2,(H,14,15)/t6-,7+/m1/s1. The number of carboxylic acids is 1. The first-order valence-corrected chi connectivity index (χ1v) is 4.64. The molecule has 0 fully saturated rings. The molecule has 0 amide bonds. The molecule has 1 aliphatic rings. The third kappa shape index (κ3) is 1.75. The van der Waals surface area contributed by atoms with Gasteiger partial charge in [0.15, 0.2) is 0 Å². The van der Waals surface area contributed by atoms with Gasteiger partial charge in [0.05, 0.1) is 6.04 Å². The van der Waals surface area contributed by atoms with Crippen LogP contribution >= 0.6 is 0 Å². The normalized spacial score (nSPS) is 24.6. The van der Waals surface area contributed by atoms with Crippen molar-refractivity contribution < 1.29 is 15.0 Å². The van der Waals surface area contributed by atoms with E-state index in [2.05, 4.69) is 10.1 Å². The average molecular weight is 209 g/mol. The minimum Gasteiger partial charge on any atom is -0.475 e. The van der Waals surface area contributed by atoms with Gasteiger partial charge in [-0.05, 0) is 6.42 Å². The minimum atomic E-state index is -1.09. The minimum absolute atomic E-state index is 0.0664. The number of aromatic nitrogens is 3. The van der Waals surface area contributed by atoms with E-state index >= 15 is 0 Å². The van der Waals surface area contributed by atoms with Crippen molar-refractivity contribution in [2.45, 2.75) is 12.5 Å². The molecule has 0 radical (unpaired) electrons. The van der Waals surface area contributed by atoms with Crippen LogP contribution in [-0.2, 0) is 0 Å². The zero-order valence-corrected chi connectivity index (χ0v) is 7.95. The molecule has 0 saturated heterocycles. The predicted molar refractivity (Wildman–Crippen MR) is 50.4 cm³/mol. The van der Waals surface area contributed by atoms with Gasteiger partial charge < -0.3 is 10.2 Å². The van der Waals surface area contributed by atoms with Crippen LogP contribution in [0.1, 0.15) is 23.1 Å². The van der Waals surface area contributed by atoms with E-state index in [0.29, 0.717) is 6.42 Å². The van der Waals surface area contributed by atoms with E-state index in [1.54, 1.807) is 0 Å². The molecule has 1 aromatic heterocycles. The van der Waals surface area contributed by atoms with Crippen LogP contribution in [0.4, 0.5) is 0 Å². The number of nitrogens with zero attached hydrogens (tertiary/aromatic N) is 3. The molecule has 1 aliphatic carbocycles. The molecule has 2 N–H and O–H groups in total. The third-order valence-corrected chi connectivity index (χ3v) is 2.46. The summed E-state index contributed by atoms with van der Waals surface area (Å²) in [5, 5.41) is 21.7. The lowest BCUT2D eigenvalue weighted by molar-refractivity contribution is 0.0674. The number of aliphatic hydroxyl groups excluding tert-OH is 1. The van der Waals surface area contributed by atoms with Gasteiger partial charge >= 0.3 is 5.97 Å². The van der Waals surface area contributed by atoms with Crippen molar-refractivity contribution in [1.29, 1.82) is 0 Å². The van der Waals surface area contributed by atoms with Crippen molar-refractivity contribution in [3.05, 3.63) is 24.3 Å². The van der Waals surface area contributed by atoms with Gasteiger partial charge in [0, 0.05) is 12.5 Å². The summed E-state index contributed by atoms with van der Waals surface area (Å²) in [6, 6.07) is -0.115. The topological polar surface area (TPSA) is 88.2 Å². The summed E-state index contributed by atoms with van der Waals surface area (Å²) in [5.41, 5.74) is 0. The zero-order chi connectivity index (χ0) is 10.8. The Morgan fingerprint density at radius 3 is 3.00 bits per heavy atom. The largest absolute Gasteiger partial charge is 0.475 e. The van der Waals surface area contributed by atoms with Gasteiger partial charge in [-0.25, -0.2) is 14.5 Å². The number of aromatic carboxylic acids is 1. The average Bonchev–Trinajstić information content (AvgIpc) is 2.85. The molecule has 1 aromatic rings. The van der Waals surface area contributed by atoms with Gasteiger partial charge in [0.25, 0.3) is 0 Å². The highest BCUT2D eigenvalue weighted by Crippen LogP contribution is 2.27. The summed E-state index contributed by atoms with van der Waals surface area (Å²) in [7, 11) is 0. The summed E-state index contributed by atoms with van der Waals surface area (Å²) in [5.74, 6) is -1.07. The van der Waals surface area contributed by atoms with Crippen LogP contribution in [0.15, 0.2) is 18.5 Å². The van der Waals surface area contributed by atoms with E-state index < -0.39 is 5.97 Å². The third-order valence-electron chi connectivity index (χ3n) is 2.46. The fourth-order valence-corrected chi connectivity index (χ4v) is 1.72. The van der Waals surface area contributed by atoms with E-state index in [-0.39, 0.29) is 24.4 Å². The van der Waals surface area contributed by atoms with Crippen LogP contribution in [0.5, 0.6) is 0 Å². The van der Waals surface area contributed by atoms with Gasteiger partial charge in [0.1, 0.15) is 6.33 Å². The highest BCUT2D eigenvalue weighted by atomic mass is 16.4. The smallest absolute Gasteiger partial charge is 0.373 e. The molecule has 0 spiro atoms. The van der Waals surface area contributed by atoms with Crippen molar-refractivity contribution in [2.24, 2.45) is 5.92 Å². The van der Waals surface area contributed by atoms with E-state index in [0.717, 1.165) is 0 Å². The maximum Gasteiger partial charge on any atom is 0.373 e. The maximum atomic E-state index is 10.8. The summed E-state index contributed by atoms with van der Waals surface area (Å²) < 4.78 is 1.37. The lowest BCUT2D eigenvalue weighted by atomic mass is 10.1. The molecular formula is C9H11N3O3. The number of allylic oxidation sites excluding steroid dienone is 1. The molecule has 0 bridgehead atoms. The van der Waals surface area contributed by atoms with Crippen LogP contribution in [0.3, 0.4) is 0 Å². The number of hydrogen-bond acceptors (Lipinski definition) is 4. The maximum absolute atomic E-state index is 10.8. The van der Waals surface area contributed by atoms with E-state index in [9.17, 15) is 4.79 Å². The molecule has 80 valence electrons. The molecule has 0 unspecified atom stereocenters. The first kappa shape index (κ1) is 9.85. The van der Waals surface area contributed by atoms with Crippen molar-refractivity contribution in [1.82, 2.24) is 14.8 Å². The predicted octanol–water partition coefficient (Wildman–Crippen LogP) is 0.0858. The Hall–Kier alpha value is -1.69. The van der Waals surface area contributed by atoms with Crippen molar-refractivity contribution in [3.63, 3.8) is 0 Å². The number of rotatable bonds is 3. The lowest BCUT2D eigenvalue weighted by Gasteiger charge is -2.11. The SMILES string of the molecule is O=C(O)c1ncnn1[C@H]1C=C[C@@H](CO)C1. The van der Waals surface area contributed by atoms with Crippen molar-refractivity contribution >= 4 is 5.97 Å². The second-order valence-corrected chi connectivity index (χ2v) is 3.46. The van der Waals surface area contributed by atoms with Crippen molar-refractivity contribution in [2.75, 3.05) is 6.61 Å². The molecular weight excluding hydrogens is 198 g/mol. The molecule has 2 atom stereocenters. The van der Waals surface area contributed by atoms with Crippen LogP contribution < -0.4 is 0 Å². The van der Waals surface area contributed by atoms with Gasteiger partial charge in [-0.1, -0.05) is 12.2 Å². The summed E-state index contributed by atoms with van der Waals surface area (Å²) in [4.78, 5) is 14.5. The fraction of sp³-hybridized carbons (Fsp3) is 0.444. The number of carbonyl (C=O) groups is 1. The molecule has 0 aromatic carbocycles. The fourth-order valence-electron chi connectivity index (χ4n) is 1.72. The Bertz CT molecular complexity index is 399. The van der Waals surface area contributed by atoms with E-state index in [1.807, 2.05) is 12.2 Å². The van der Waals surface area contributed by atoms with Crippen LogP contribution in [0.25, 0.3) is 0 Å². The Labute approximate surface area is 85.9 Å². The first-order chi connectivity index (χ1) is 7.22. The second-order valence-electron chi connectivity index (χ2n) is 3.46. The lowest BCUT2D eigenvalue weighted by Crippen LogP contribution is -2.16. The second kappa shape index (κ2) is 3.82. The van der Waals surface area contributed by atoms with Gasteiger partial charge in [0.2, 0.25) is 5.82 Å². The molecule has 0 saturated carbocycles. The van der Waals surface area contributed by atoms with Crippen LogP contribution in [-0.4, -0.2) is 37.6 Å². The molecule has 6 heteroatoms. The highest BCUT2D eigenvalue weighted by Gasteiger charge is 2.24. The Morgan fingerprint density at radius 1 is 1.60 bits per heavy atom. The number of aliphatic hydroxyl groups is 1. The van der Waals surface area contributed by atoms with E-state index in [4.69, 9.17) is 10.2 Å². The zero-order valence-electron chi connectivity index (χ0n) is 7.95. The van der Waals surface area contributed by atoms with E-state index in [1.165, 1.54) is 11.0 Å². The quantitative estimate of drug-likeness (QED) is 0.688. The molecule has 1 heterocycles.